The third-order valence-corrected chi connectivity index (χ3v) is 3.72. The Kier molecular flexibility index (Phi) is 6.73. The molecule has 1 aromatic heterocycles. The van der Waals surface area contributed by atoms with E-state index in [0.29, 0.717) is 18.2 Å². The number of halogens is 2. The van der Waals surface area contributed by atoms with E-state index in [0.717, 1.165) is 22.6 Å². The van der Waals surface area contributed by atoms with Crippen LogP contribution in [-0.4, -0.2) is 22.8 Å². The Bertz CT molecular complexity index is 371. The Balaban J connectivity index is 2.52. The van der Waals surface area contributed by atoms with Crippen LogP contribution in [0.25, 0.3) is 0 Å². The zero-order valence-corrected chi connectivity index (χ0v) is 12.9. The van der Waals surface area contributed by atoms with Crippen molar-refractivity contribution in [2.24, 2.45) is 5.92 Å². The van der Waals surface area contributed by atoms with Crippen LogP contribution < -0.4 is 5.32 Å². The summed E-state index contributed by atoms with van der Waals surface area (Å²) in [4.78, 5) is 15.9. The first-order chi connectivity index (χ1) is 8.19. The number of amides is 1. The second-order valence-corrected chi connectivity index (χ2v) is 5.44. The Morgan fingerprint density at radius 1 is 1.59 bits per heavy atom. The first-order valence-corrected chi connectivity index (χ1v) is 7.55. The molecule has 0 aliphatic carbocycles. The van der Waals surface area contributed by atoms with Crippen molar-refractivity contribution < 1.29 is 4.79 Å². The van der Waals surface area contributed by atoms with E-state index in [1.54, 1.807) is 12.3 Å². The van der Waals surface area contributed by atoms with Crippen LogP contribution in [0, 0.1) is 5.92 Å². The second kappa shape index (κ2) is 7.82. The molecule has 1 aromatic rings. The molecule has 3 nitrogen and oxygen atoms in total. The van der Waals surface area contributed by atoms with Gasteiger partial charge in [0.05, 0.1) is 0 Å². The highest BCUT2D eigenvalue weighted by molar-refractivity contribution is 9.10. The molecule has 0 aromatic carbocycles. The number of hydrogen-bond donors (Lipinski definition) is 1. The van der Waals surface area contributed by atoms with E-state index in [1.165, 1.54) is 0 Å². The number of nitrogens with zero attached hydrogens (tertiary/aromatic N) is 1. The molecule has 0 saturated carbocycles. The van der Waals surface area contributed by atoms with Gasteiger partial charge in [-0.2, -0.15) is 0 Å². The van der Waals surface area contributed by atoms with Crippen LogP contribution in [0.2, 0.25) is 0 Å². The van der Waals surface area contributed by atoms with Crippen molar-refractivity contribution in [2.45, 2.75) is 19.8 Å². The van der Waals surface area contributed by atoms with Gasteiger partial charge < -0.3 is 5.32 Å². The molecule has 1 atom stereocenters. The van der Waals surface area contributed by atoms with Crippen molar-refractivity contribution in [2.75, 3.05) is 11.9 Å². The SMILES string of the molecule is CCC(CCBr)CNC(=O)c1ncccc1Br. The Hall–Kier alpha value is -0.420. The number of carbonyl (C=O) groups is 1. The highest BCUT2D eigenvalue weighted by Gasteiger charge is 2.12. The minimum atomic E-state index is -0.120. The molecule has 1 unspecified atom stereocenters. The van der Waals surface area contributed by atoms with Crippen molar-refractivity contribution in [3.63, 3.8) is 0 Å². The molecule has 5 heteroatoms. The minimum absolute atomic E-state index is 0.120. The van der Waals surface area contributed by atoms with Crippen LogP contribution in [-0.2, 0) is 0 Å². The Labute approximate surface area is 119 Å². The third kappa shape index (κ3) is 4.76. The fourth-order valence-corrected chi connectivity index (χ4v) is 2.56. The maximum absolute atomic E-state index is 11.9. The summed E-state index contributed by atoms with van der Waals surface area (Å²) in [6.07, 6.45) is 3.75. The third-order valence-electron chi connectivity index (χ3n) is 2.62. The lowest BCUT2D eigenvalue weighted by Crippen LogP contribution is -2.30. The zero-order valence-electron chi connectivity index (χ0n) is 9.75. The van der Waals surface area contributed by atoms with Crippen LogP contribution in [0.5, 0.6) is 0 Å². The van der Waals surface area contributed by atoms with Gasteiger partial charge in [0, 0.05) is 22.5 Å². The van der Waals surface area contributed by atoms with Crippen molar-refractivity contribution in [3.8, 4) is 0 Å². The molecule has 1 heterocycles. The molecule has 0 radical (unpaired) electrons. The van der Waals surface area contributed by atoms with Crippen LogP contribution in [0.15, 0.2) is 22.8 Å². The van der Waals surface area contributed by atoms with Crippen molar-refractivity contribution in [1.29, 1.82) is 0 Å². The lowest BCUT2D eigenvalue weighted by molar-refractivity contribution is 0.0940. The lowest BCUT2D eigenvalue weighted by atomic mass is 10.0. The molecule has 0 spiro atoms. The van der Waals surface area contributed by atoms with Crippen molar-refractivity contribution >= 4 is 37.8 Å². The monoisotopic (exact) mass is 362 g/mol. The molecule has 1 amide bonds. The van der Waals surface area contributed by atoms with Gasteiger partial charge in [-0.3, -0.25) is 4.79 Å². The highest BCUT2D eigenvalue weighted by Crippen LogP contribution is 2.13. The lowest BCUT2D eigenvalue weighted by Gasteiger charge is -2.14. The average Bonchev–Trinajstić information content (AvgIpc) is 2.34. The number of rotatable bonds is 6. The number of aromatic nitrogens is 1. The Morgan fingerprint density at radius 2 is 2.35 bits per heavy atom. The summed E-state index contributed by atoms with van der Waals surface area (Å²) >= 11 is 6.74. The maximum Gasteiger partial charge on any atom is 0.271 e. The van der Waals surface area contributed by atoms with E-state index in [9.17, 15) is 4.79 Å². The standard InChI is InChI=1S/C12H16Br2N2O/c1-2-9(5-6-13)8-16-12(17)11-10(14)4-3-7-15-11/h3-4,7,9H,2,5-6,8H2,1H3,(H,16,17). The minimum Gasteiger partial charge on any atom is -0.350 e. The van der Waals surface area contributed by atoms with E-state index >= 15 is 0 Å². The van der Waals surface area contributed by atoms with Gasteiger partial charge in [-0.1, -0.05) is 29.3 Å². The smallest absolute Gasteiger partial charge is 0.271 e. The van der Waals surface area contributed by atoms with Gasteiger partial charge >= 0.3 is 0 Å². The van der Waals surface area contributed by atoms with Crippen molar-refractivity contribution in [1.82, 2.24) is 10.3 Å². The highest BCUT2D eigenvalue weighted by atomic mass is 79.9. The Morgan fingerprint density at radius 3 is 2.94 bits per heavy atom. The van der Waals surface area contributed by atoms with E-state index in [-0.39, 0.29) is 5.91 Å². The number of nitrogens with one attached hydrogen (secondary N) is 1. The largest absolute Gasteiger partial charge is 0.350 e. The molecule has 1 rings (SSSR count). The summed E-state index contributed by atoms with van der Waals surface area (Å²) in [6.45, 7) is 2.83. The molecule has 94 valence electrons. The summed E-state index contributed by atoms with van der Waals surface area (Å²) in [5.74, 6) is 0.395. The quantitative estimate of drug-likeness (QED) is 0.787. The van der Waals surface area contributed by atoms with Crippen LogP contribution in [0.3, 0.4) is 0 Å². The average molecular weight is 364 g/mol. The van der Waals surface area contributed by atoms with Gasteiger partial charge in [0.2, 0.25) is 0 Å². The number of alkyl halides is 1. The number of hydrogen-bond acceptors (Lipinski definition) is 2. The summed E-state index contributed by atoms with van der Waals surface area (Å²) in [6, 6.07) is 3.61. The molecule has 0 aliphatic rings. The van der Waals surface area contributed by atoms with Gasteiger partial charge in [-0.15, -0.1) is 0 Å². The fraction of sp³-hybridized carbons (Fsp3) is 0.500. The van der Waals surface area contributed by atoms with Crippen LogP contribution >= 0.6 is 31.9 Å². The van der Waals surface area contributed by atoms with E-state index in [2.05, 4.69) is 49.1 Å². The van der Waals surface area contributed by atoms with E-state index < -0.39 is 0 Å². The molecule has 0 fully saturated rings. The second-order valence-electron chi connectivity index (χ2n) is 3.80. The first-order valence-electron chi connectivity index (χ1n) is 5.63. The van der Waals surface area contributed by atoms with E-state index in [1.807, 2.05) is 6.07 Å². The van der Waals surface area contributed by atoms with Crippen LogP contribution in [0.1, 0.15) is 30.3 Å². The molecule has 0 aliphatic heterocycles. The zero-order chi connectivity index (χ0) is 12.7. The van der Waals surface area contributed by atoms with Gasteiger partial charge in [0.1, 0.15) is 5.69 Å². The summed E-state index contributed by atoms with van der Waals surface area (Å²) in [7, 11) is 0. The summed E-state index contributed by atoms with van der Waals surface area (Å²) in [5, 5.41) is 3.89. The van der Waals surface area contributed by atoms with E-state index in [4.69, 9.17) is 0 Å². The number of carbonyl (C=O) groups excluding carboxylic acids is 1. The van der Waals surface area contributed by atoms with Gasteiger partial charge in [0.15, 0.2) is 0 Å². The molecular formula is C12H16Br2N2O. The fourth-order valence-electron chi connectivity index (χ4n) is 1.48. The summed E-state index contributed by atoms with van der Waals surface area (Å²) in [5.41, 5.74) is 0.446. The van der Waals surface area contributed by atoms with Crippen LogP contribution in [0.4, 0.5) is 0 Å². The molecule has 0 saturated heterocycles. The van der Waals surface area contributed by atoms with Gasteiger partial charge in [0.25, 0.3) is 5.91 Å². The van der Waals surface area contributed by atoms with Gasteiger partial charge in [-0.05, 0) is 40.4 Å². The first kappa shape index (κ1) is 14.6. The number of pyridine rings is 1. The predicted molar refractivity (Wildman–Crippen MR) is 76.5 cm³/mol. The van der Waals surface area contributed by atoms with Gasteiger partial charge in [-0.25, -0.2) is 4.98 Å². The maximum atomic E-state index is 11.9. The predicted octanol–water partition coefficient (Wildman–Crippen LogP) is 3.39. The summed E-state index contributed by atoms with van der Waals surface area (Å²) < 4.78 is 0.728. The molecule has 1 N–H and O–H groups in total. The molecular weight excluding hydrogens is 348 g/mol. The van der Waals surface area contributed by atoms with Crippen molar-refractivity contribution in [3.05, 3.63) is 28.5 Å². The topological polar surface area (TPSA) is 42.0 Å². The molecule has 0 bridgehead atoms. The normalized spacial score (nSPS) is 12.2. The molecule has 17 heavy (non-hydrogen) atoms.